The predicted octanol–water partition coefficient (Wildman–Crippen LogP) is 13.2. The van der Waals surface area contributed by atoms with Crippen LogP contribution >= 0.6 is 0 Å². The van der Waals surface area contributed by atoms with Crippen molar-refractivity contribution in [2.24, 2.45) is 0 Å². The van der Waals surface area contributed by atoms with Gasteiger partial charge in [0.15, 0.2) is 24.6 Å². The Morgan fingerprint density at radius 1 is 0.493 bits per heavy atom. The van der Waals surface area contributed by atoms with Crippen LogP contribution in [0.25, 0.3) is 0 Å². The Morgan fingerprint density at radius 3 is 1.49 bits per heavy atom. The molecule has 0 radical (unpaired) electrons. The summed E-state index contributed by atoms with van der Waals surface area (Å²) in [5.41, 5.74) is 0. The zero-order valence-corrected chi connectivity index (χ0v) is 43.3. The Bertz CT molecular complexity index is 1440. The molecule has 1 rings (SSSR count). The van der Waals surface area contributed by atoms with E-state index >= 15 is 0 Å². The van der Waals surface area contributed by atoms with Crippen molar-refractivity contribution in [1.82, 2.24) is 0 Å². The van der Waals surface area contributed by atoms with Gasteiger partial charge in [0.2, 0.25) is 0 Å². The summed E-state index contributed by atoms with van der Waals surface area (Å²) >= 11 is 0. The van der Waals surface area contributed by atoms with Gasteiger partial charge in [-0.2, -0.15) is 0 Å². The van der Waals surface area contributed by atoms with Gasteiger partial charge in [-0.3, -0.25) is 14.4 Å². The van der Waals surface area contributed by atoms with Gasteiger partial charge in [0.05, 0.1) is 6.61 Å². The molecule has 0 aromatic carbocycles. The molecule has 1 aliphatic heterocycles. The van der Waals surface area contributed by atoms with Crippen LogP contribution < -0.4 is 0 Å². The van der Waals surface area contributed by atoms with E-state index in [9.17, 15) is 34.5 Å². The van der Waals surface area contributed by atoms with E-state index in [2.05, 4.69) is 69.4 Å². The van der Waals surface area contributed by atoms with Crippen LogP contribution in [0.2, 0.25) is 0 Å². The first-order valence-corrected chi connectivity index (χ1v) is 27.3. The summed E-state index contributed by atoms with van der Waals surface area (Å²) in [4.78, 5) is 50.8. The smallest absolute Gasteiger partial charge is 0.335 e. The topological polar surface area (TPSA) is 175 Å². The number of allylic oxidation sites excluding steroid dienone is 10. The van der Waals surface area contributed by atoms with Crippen molar-refractivity contribution in [3.8, 4) is 0 Å². The minimum atomic E-state index is -1.91. The molecule has 1 aliphatic rings. The standard InChI is InChI=1S/C57H96O12/c1-4-7-10-13-16-19-22-24-25-27-30-33-36-39-42-45-51(60)68-55-53(62)52(61)54(56(63)64)69-57(55)66-47-48(67-50(59)44-41-38-35-32-28-21-18-15-12-9-6-3)46-65-49(58)43-40-37-34-31-29-26-23-20-17-14-11-8-5-2/h8,11,15,17-18,20,26,29,34,37,48,52-55,57,61-62H,4-7,9-10,12-14,16,19,21-25,27-28,30-33,35-36,38-47H2,1-3H3,(H,63,64)/b11-8-,18-15-,20-17-,29-26-,37-34-. The van der Waals surface area contributed by atoms with Crippen molar-refractivity contribution >= 4 is 23.9 Å². The van der Waals surface area contributed by atoms with Crippen LogP contribution in [0.5, 0.6) is 0 Å². The predicted molar refractivity (Wildman–Crippen MR) is 275 cm³/mol. The van der Waals surface area contributed by atoms with Gasteiger partial charge in [0.1, 0.15) is 18.8 Å². The number of rotatable bonds is 45. The Morgan fingerprint density at radius 2 is 0.957 bits per heavy atom. The Balaban J connectivity index is 2.74. The Hall–Kier alpha value is -3.58. The maximum atomic E-state index is 13.0. The van der Waals surface area contributed by atoms with Crippen LogP contribution in [0.1, 0.15) is 226 Å². The fourth-order valence-corrected chi connectivity index (χ4v) is 7.89. The Kier molecular flexibility index (Phi) is 41.9. The van der Waals surface area contributed by atoms with Crippen molar-refractivity contribution in [3.63, 3.8) is 0 Å². The van der Waals surface area contributed by atoms with E-state index < -0.39 is 67.3 Å². The number of esters is 3. The number of ether oxygens (including phenoxy) is 5. The van der Waals surface area contributed by atoms with Crippen molar-refractivity contribution in [2.45, 2.75) is 263 Å². The van der Waals surface area contributed by atoms with Gasteiger partial charge in [-0.15, -0.1) is 0 Å². The molecule has 0 bridgehead atoms. The number of carbonyl (C=O) groups is 4. The molecule has 6 atom stereocenters. The van der Waals surface area contributed by atoms with E-state index in [1.54, 1.807) is 0 Å². The summed E-state index contributed by atoms with van der Waals surface area (Å²) in [6, 6.07) is 0. The highest BCUT2D eigenvalue weighted by molar-refractivity contribution is 5.74. The fraction of sp³-hybridized carbons (Fsp3) is 0.754. The molecule has 1 heterocycles. The molecule has 0 amide bonds. The summed E-state index contributed by atoms with van der Waals surface area (Å²) in [7, 11) is 0. The van der Waals surface area contributed by atoms with Crippen molar-refractivity contribution in [2.75, 3.05) is 13.2 Å². The number of carbonyl (C=O) groups excluding carboxylic acids is 3. The molecule has 0 spiro atoms. The lowest BCUT2D eigenvalue weighted by molar-refractivity contribution is -0.301. The Labute approximate surface area is 417 Å². The molecule has 0 aromatic heterocycles. The minimum absolute atomic E-state index is 0.0554. The monoisotopic (exact) mass is 973 g/mol. The molecule has 0 aliphatic carbocycles. The molecule has 6 unspecified atom stereocenters. The van der Waals surface area contributed by atoms with Crippen LogP contribution in [0.15, 0.2) is 60.8 Å². The zero-order valence-electron chi connectivity index (χ0n) is 43.3. The fourth-order valence-electron chi connectivity index (χ4n) is 7.89. The minimum Gasteiger partial charge on any atom is -0.479 e. The van der Waals surface area contributed by atoms with E-state index in [1.807, 2.05) is 12.2 Å². The first-order valence-electron chi connectivity index (χ1n) is 27.3. The largest absolute Gasteiger partial charge is 0.479 e. The van der Waals surface area contributed by atoms with Gasteiger partial charge < -0.3 is 39.0 Å². The summed E-state index contributed by atoms with van der Waals surface area (Å²) in [5.74, 6) is -3.23. The zero-order chi connectivity index (χ0) is 50.4. The molecule has 1 fully saturated rings. The first-order chi connectivity index (χ1) is 33.6. The maximum absolute atomic E-state index is 13.0. The third kappa shape index (κ3) is 36.1. The van der Waals surface area contributed by atoms with Gasteiger partial charge >= 0.3 is 23.9 Å². The number of unbranched alkanes of at least 4 members (excludes halogenated alkanes) is 21. The summed E-state index contributed by atoms with van der Waals surface area (Å²) in [6.45, 7) is 5.75. The molecule has 3 N–H and O–H groups in total. The van der Waals surface area contributed by atoms with Crippen molar-refractivity contribution in [1.29, 1.82) is 0 Å². The van der Waals surface area contributed by atoms with Gasteiger partial charge in [0.25, 0.3) is 0 Å². The molecular weight excluding hydrogens is 877 g/mol. The van der Waals surface area contributed by atoms with Gasteiger partial charge in [-0.05, 0) is 64.2 Å². The normalized spacial score (nSPS) is 19.1. The van der Waals surface area contributed by atoms with Crippen LogP contribution in [-0.4, -0.2) is 89.2 Å². The van der Waals surface area contributed by atoms with Gasteiger partial charge in [0, 0.05) is 19.3 Å². The first kappa shape index (κ1) is 63.4. The molecule has 12 nitrogen and oxygen atoms in total. The lowest BCUT2D eigenvalue weighted by atomic mass is 9.98. The third-order valence-corrected chi connectivity index (χ3v) is 12.1. The third-order valence-electron chi connectivity index (χ3n) is 12.1. The molecule has 12 heteroatoms. The number of aliphatic carboxylic acids is 1. The summed E-state index contributed by atoms with van der Waals surface area (Å²) < 4.78 is 28.2. The number of carboxylic acid groups (broad SMARTS) is 1. The highest BCUT2D eigenvalue weighted by atomic mass is 16.7. The van der Waals surface area contributed by atoms with Gasteiger partial charge in [-0.1, -0.05) is 204 Å². The molecule has 69 heavy (non-hydrogen) atoms. The summed E-state index contributed by atoms with van der Waals surface area (Å²) in [6.07, 6.45) is 42.2. The highest BCUT2D eigenvalue weighted by Gasteiger charge is 2.50. The average Bonchev–Trinajstić information content (AvgIpc) is 3.33. The number of aliphatic hydroxyl groups excluding tert-OH is 2. The number of carboxylic acids is 1. The van der Waals surface area contributed by atoms with E-state index in [0.717, 1.165) is 89.9 Å². The van der Waals surface area contributed by atoms with Crippen molar-refractivity contribution < 1.29 is 58.2 Å². The number of hydrogen-bond acceptors (Lipinski definition) is 11. The van der Waals surface area contributed by atoms with Crippen molar-refractivity contribution in [3.05, 3.63) is 60.8 Å². The van der Waals surface area contributed by atoms with Crippen LogP contribution in [0, 0.1) is 0 Å². The lowest BCUT2D eigenvalue weighted by Crippen LogP contribution is -2.61. The second-order valence-electron chi connectivity index (χ2n) is 18.5. The quantitative estimate of drug-likeness (QED) is 0.0228. The lowest BCUT2D eigenvalue weighted by Gasteiger charge is -2.40. The van der Waals surface area contributed by atoms with E-state index in [4.69, 9.17) is 23.7 Å². The van der Waals surface area contributed by atoms with E-state index in [1.165, 1.54) is 77.0 Å². The number of aliphatic hydroxyl groups is 2. The molecular formula is C57H96O12. The van der Waals surface area contributed by atoms with Crippen LogP contribution in [-0.2, 0) is 42.9 Å². The molecule has 1 saturated heterocycles. The highest BCUT2D eigenvalue weighted by Crippen LogP contribution is 2.26. The molecule has 0 saturated carbocycles. The van der Waals surface area contributed by atoms with Crippen LogP contribution in [0.4, 0.5) is 0 Å². The average molecular weight is 973 g/mol. The summed E-state index contributed by atoms with van der Waals surface area (Å²) in [5, 5.41) is 31.4. The second-order valence-corrected chi connectivity index (χ2v) is 18.5. The van der Waals surface area contributed by atoms with E-state index in [-0.39, 0.29) is 25.9 Å². The van der Waals surface area contributed by atoms with Gasteiger partial charge in [-0.25, -0.2) is 4.79 Å². The molecule has 396 valence electrons. The van der Waals surface area contributed by atoms with E-state index in [0.29, 0.717) is 19.3 Å². The number of hydrogen-bond donors (Lipinski definition) is 3. The maximum Gasteiger partial charge on any atom is 0.335 e. The second kappa shape index (κ2) is 45.6. The SMILES string of the molecule is CC/C=C\C/C=C\C/C=C\C/C=C\CCC(=O)OCC(COC1OC(C(=O)O)C(O)C(O)C1OC(=O)CCCCCCCCCCCCCCCCC)OC(=O)CCCCCCC/C=C\CCCC. The molecule has 0 aromatic rings. The van der Waals surface area contributed by atoms with Crippen LogP contribution in [0.3, 0.4) is 0 Å².